The molecule has 8 heteroatoms. The Labute approximate surface area is 145 Å². The number of carbonyl (C=O) groups excluding carboxylic acids is 2. The van der Waals surface area contributed by atoms with E-state index in [-0.39, 0.29) is 18.2 Å². The van der Waals surface area contributed by atoms with Crippen molar-refractivity contribution in [3.05, 3.63) is 11.1 Å². The van der Waals surface area contributed by atoms with Crippen molar-refractivity contribution >= 4 is 34.3 Å². The number of amides is 2. The zero-order valence-corrected chi connectivity index (χ0v) is 15.0. The first-order valence-electron chi connectivity index (χ1n) is 7.96. The highest BCUT2D eigenvalue weighted by Crippen LogP contribution is 2.22. The number of piperidine rings is 1. The van der Waals surface area contributed by atoms with Crippen molar-refractivity contribution in [1.29, 1.82) is 0 Å². The number of hydrogen-bond acceptors (Lipinski definition) is 5. The van der Waals surface area contributed by atoms with Crippen molar-refractivity contribution in [3.63, 3.8) is 0 Å². The Bertz CT molecular complexity index is 636. The van der Waals surface area contributed by atoms with E-state index in [4.69, 9.17) is 0 Å². The van der Waals surface area contributed by atoms with Crippen molar-refractivity contribution in [1.82, 2.24) is 9.88 Å². The maximum atomic E-state index is 12.4. The van der Waals surface area contributed by atoms with Gasteiger partial charge in [-0.15, -0.1) is 11.3 Å². The molecule has 1 fully saturated rings. The fraction of sp³-hybridized carbons (Fsp3) is 0.625. The second-order valence-electron chi connectivity index (χ2n) is 6.96. The first-order valence-corrected chi connectivity index (χ1v) is 8.84. The van der Waals surface area contributed by atoms with Gasteiger partial charge in [-0.25, -0.2) is 9.78 Å². The number of carbonyl (C=O) groups is 3. The molecule has 2 rings (SSSR count). The van der Waals surface area contributed by atoms with E-state index in [0.717, 1.165) is 12.8 Å². The molecule has 1 saturated heterocycles. The lowest BCUT2D eigenvalue weighted by atomic mass is 9.96. The molecule has 1 aromatic heterocycles. The van der Waals surface area contributed by atoms with Crippen molar-refractivity contribution in [2.24, 2.45) is 5.41 Å². The van der Waals surface area contributed by atoms with Crippen molar-refractivity contribution in [2.75, 3.05) is 11.9 Å². The minimum Gasteiger partial charge on any atom is -0.480 e. The maximum absolute atomic E-state index is 12.4. The largest absolute Gasteiger partial charge is 0.480 e. The van der Waals surface area contributed by atoms with E-state index >= 15 is 0 Å². The molecule has 24 heavy (non-hydrogen) atoms. The summed E-state index contributed by atoms with van der Waals surface area (Å²) < 4.78 is 0. The predicted octanol–water partition coefficient (Wildman–Crippen LogP) is 2.14. The summed E-state index contributed by atoms with van der Waals surface area (Å²) in [4.78, 5) is 41.3. The molecule has 1 atom stereocenters. The number of hydrogen-bond donors (Lipinski definition) is 2. The number of carboxylic acid groups (broad SMARTS) is 1. The molecule has 1 unspecified atom stereocenters. The van der Waals surface area contributed by atoms with Gasteiger partial charge in [0.25, 0.3) is 0 Å². The third kappa shape index (κ3) is 4.53. The van der Waals surface area contributed by atoms with Crippen LogP contribution in [-0.2, 0) is 20.8 Å². The van der Waals surface area contributed by atoms with Crippen LogP contribution in [0.3, 0.4) is 0 Å². The minimum atomic E-state index is -0.959. The summed E-state index contributed by atoms with van der Waals surface area (Å²) in [5, 5.41) is 14.1. The van der Waals surface area contributed by atoms with Gasteiger partial charge < -0.3 is 15.3 Å². The Morgan fingerprint density at radius 2 is 2.08 bits per heavy atom. The van der Waals surface area contributed by atoms with Crippen molar-refractivity contribution in [3.8, 4) is 0 Å². The van der Waals surface area contributed by atoms with Gasteiger partial charge in [0.1, 0.15) is 6.04 Å². The molecular formula is C16H23N3O4S. The molecule has 2 N–H and O–H groups in total. The van der Waals surface area contributed by atoms with Gasteiger partial charge in [0.2, 0.25) is 11.8 Å². The molecule has 0 spiro atoms. The average molecular weight is 353 g/mol. The van der Waals surface area contributed by atoms with Crippen molar-refractivity contribution < 1.29 is 19.5 Å². The van der Waals surface area contributed by atoms with Gasteiger partial charge >= 0.3 is 5.97 Å². The van der Waals surface area contributed by atoms with E-state index in [1.165, 1.54) is 16.2 Å². The number of rotatable bonds is 4. The van der Waals surface area contributed by atoms with Crippen LogP contribution < -0.4 is 5.32 Å². The topological polar surface area (TPSA) is 99.6 Å². The molecular weight excluding hydrogens is 330 g/mol. The standard InChI is InChI=1S/C16H23N3O4S/c1-16(2,3)14(23)18-15-17-10(9-24-15)8-12(20)19-7-5-4-6-11(19)13(21)22/h9,11H,4-8H2,1-3H3,(H,21,22)(H,17,18,23). The minimum absolute atomic E-state index is 0.0473. The summed E-state index contributed by atoms with van der Waals surface area (Å²) in [6.07, 6.45) is 2.18. The fourth-order valence-corrected chi connectivity index (χ4v) is 3.18. The van der Waals surface area contributed by atoms with Crippen LogP contribution >= 0.6 is 11.3 Å². The molecule has 2 amide bonds. The third-order valence-corrected chi connectivity index (χ3v) is 4.70. The van der Waals surface area contributed by atoms with E-state index in [0.29, 0.717) is 23.8 Å². The number of anilines is 1. The molecule has 1 aliphatic rings. The molecule has 0 aliphatic carbocycles. The summed E-state index contributed by atoms with van der Waals surface area (Å²) in [7, 11) is 0. The monoisotopic (exact) mass is 353 g/mol. The fourth-order valence-electron chi connectivity index (χ4n) is 2.47. The Morgan fingerprint density at radius 3 is 2.71 bits per heavy atom. The Hall–Kier alpha value is -1.96. The molecule has 7 nitrogen and oxygen atoms in total. The predicted molar refractivity (Wildman–Crippen MR) is 90.9 cm³/mol. The zero-order chi connectivity index (χ0) is 17.9. The van der Waals surface area contributed by atoms with E-state index in [9.17, 15) is 19.5 Å². The van der Waals surface area contributed by atoms with Crippen LogP contribution in [0.15, 0.2) is 5.38 Å². The highest BCUT2D eigenvalue weighted by atomic mass is 32.1. The number of nitrogens with one attached hydrogen (secondary N) is 1. The maximum Gasteiger partial charge on any atom is 0.326 e. The van der Waals surface area contributed by atoms with Gasteiger partial charge in [-0.3, -0.25) is 9.59 Å². The highest BCUT2D eigenvalue weighted by molar-refractivity contribution is 7.13. The Kier molecular flexibility index (Phi) is 5.58. The molecule has 2 heterocycles. The van der Waals surface area contributed by atoms with Gasteiger partial charge in [-0.2, -0.15) is 0 Å². The van der Waals surface area contributed by atoms with Gasteiger partial charge in [0.05, 0.1) is 12.1 Å². The van der Waals surface area contributed by atoms with Crippen LogP contribution in [0.5, 0.6) is 0 Å². The number of carboxylic acids is 1. The van der Waals surface area contributed by atoms with E-state index in [1.807, 2.05) is 20.8 Å². The van der Waals surface area contributed by atoms with Gasteiger partial charge in [0, 0.05) is 17.3 Å². The quantitative estimate of drug-likeness (QED) is 0.864. The Balaban J connectivity index is 1.99. The van der Waals surface area contributed by atoms with Crippen LogP contribution in [0.4, 0.5) is 5.13 Å². The van der Waals surface area contributed by atoms with Gasteiger partial charge in [-0.05, 0) is 19.3 Å². The van der Waals surface area contributed by atoms with Gasteiger partial charge in [0.15, 0.2) is 5.13 Å². The summed E-state index contributed by atoms with van der Waals surface area (Å²) in [6.45, 7) is 5.89. The number of nitrogens with zero attached hydrogens (tertiary/aromatic N) is 2. The second-order valence-corrected chi connectivity index (χ2v) is 7.82. The highest BCUT2D eigenvalue weighted by Gasteiger charge is 2.32. The number of aliphatic carboxylic acids is 1. The molecule has 1 aliphatic heterocycles. The molecule has 0 aromatic carbocycles. The smallest absolute Gasteiger partial charge is 0.326 e. The number of thiazole rings is 1. The molecule has 0 bridgehead atoms. The lowest BCUT2D eigenvalue weighted by molar-refractivity contribution is -0.151. The molecule has 1 aromatic rings. The average Bonchev–Trinajstić information content (AvgIpc) is 2.93. The molecule has 0 saturated carbocycles. The summed E-state index contributed by atoms with van der Waals surface area (Å²) >= 11 is 1.26. The molecule has 0 radical (unpaired) electrons. The number of aromatic nitrogens is 1. The van der Waals surface area contributed by atoms with Crippen LogP contribution in [-0.4, -0.2) is 45.4 Å². The van der Waals surface area contributed by atoms with Crippen LogP contribution in [0.1, 0.15) is 45.7 Å². The molecule has 132 valence electrons. The number of likely N-dealkylation sites (tertiary alicyclic amines) is 1. The van der Waals surface area contributed by atoms with Crippen LogP contribution in [0.2, 0.25) is 0 Å². The first-order chi connectivity index (χ1) is 11.2. The van der Waals surface area contributed by atoms with E-state index in [1.54, 1.807) is 5.38 Å². The van der Waals surface area contributed by atoms with E-state index in [2.05, 4.69) is 10.3 Å². The van der Waals surface area contributed by atoms with Gasteiger partial charge in [-0.1, -0.05) is 20.8 Å². The lowest BCUT2D eigenvalue weighted by Gasteiger charge is -2.32. The third-order valence-electron chi connectivity index (χ3n) is 3.89. The van der Waals surface area contributed by atoms with Crippen LogP contribution in [0.25, 0.3) is 0 Å². The normalized spacial score (nSPS) is 18.3. The zero-order valence-electron chi connectivity index (χ0n) is 14.2. The van der Waals surface area contributed by atoms with E-state index < -0.39 is 17.4 Å². The lowest BCUT2D eigenvalue weighted by Crippen LogP contribution is -2.48. The SMILES string of the molecule is CC(C)(C)C(=O)Nc1nc(CC(=O)N2CCCCC2C(=O)O)cs1. The van der Waals surface area contributed by atoms with Crippen molar-refractivity contribution in [2.45, 2.75) is 52.5 Å². The second kappa shape index (κ2) is 7.29. The Morgan fingerprint density at radius 1 is 1.38 bits per heavy atom. The summed E-state index contributed by atoms with van der Waals surface area (Å²) in [6, 6.07) is -0.745. The van der Waals surface area contributed by atoms with Crippen LogP contribution in [0, 0.1) is 5.41 Å². The summed E-state index contributed by atoms with van der Waals surface area (Å²) in [5.74, 6) is -1.34. The first kappa shape index (κ1) is 18.4. The summed E-state index contributed by atoms with van der Waals surface area (Å²) in [5.41, 5.74) is 0.0216.